The van der Waals surface area contributed by atoms with Crippen LogP contribution >= 0.6 is 11.6 Å². The molecule has 0 unspecified atom stereocenters. The van der Waals surface area contributed by atoms with Crippen LogP contribution in [0.5, 0.6) is 5.75 Å². The maximum absolute atomic E-state index is 5.63. The van der Waals surface area contributed by atoms with E-state index in [-0.39, 0.29) is 5.28 Å². The number of hydrogen-bond donors (Lipinski definition) is 0. The van der Waals surface area contributed by atoms with Crippen LogP contribution in [0.15, 0.2) is 36.7 Å². The summed E-state index contributed by atoms with van der Waals surface area (Å²) in [6.07, 6.45) is 4.19. The van der Waals surface area contributed by atoms with E-state index in [1.165, 1.54) is 0 Å². The van der Waals surface area contributed by atoms with Gasteiger partial charge >= 0.3 is 0 Å². The Morgan fingerprint density at radius 3 is 2.56 bits per heavy atom. The Morgan fingerprint density at radius 2 is 1.88 bits per heavy atom. The largest absolute Gasteiger partial charge is 0.496 e. The molecule has 0 saturated heterocycles. The standard InChI is InChI=1S/C12H11ClN2O/c1-16-11-5-3-2-4-10(11)6-9-7-14-12(13)15-8-9/h2-5,7-8H,6H2,1H3. The van der Waals surface area contributed by atoms with Crippen LogP contribution in [0.25, 0.3) is 0 Å². The van der Waals surface area contributed by atoms with Crippen LogP contribution in [-0.4, -0.2) is 17.1 Å². The summed E-state index contributed by atoms with van der Waals surface area (Å²) in [7, 11) is 1.66. The smallest absolute Gasteiger partial charge is 0.222 e. The molecule has 0 fully saturated rings. The summed E-state index contributed by atoms with van der Waals surface area (Å²) in [5, 5.41) is 0.267. The van der Waals surface area contributed by atoms with E-state index in [1.54, 1.807) is 19.5 Å². The minimum atomic E-state index is 0.267. The van der Waals surface area contributed by atoms with E-state index in [9.17, 15) is 0 Å². The fourth-order valence-corrected chi connectivity index (χ4v) is 1.60. The summed E-state index contributed by atoms with van der Waals surface area (Å²) in [5.74, 6) is 0.873. The van der Waals surface area contributed by atoms with Crippen LogP contribution in [0.2, 0.25) is 5.28 Å². The van der Waals surface area contributed by atoms with Gasteiger partial charge in [0, 0.05) is 18.8 Å². The number of ether oxygens (including phenoxy) is 1. The third kappa shape index (κ3) is 2.49. The Bertz CT molecular complexity index is 471. The van der Waals surface area contributed by atoms with Gasteiger partial charge < -0.3 is 4.74 Å². The van der Waals surface area contributed by atoms with Crippen molar-refractivity contribution in [3.63, 3.8) is 0 Å². The molecule has 0 aliphatic heterocycles. The average Bonchev–Trinajstić information content (AvgIpc) is 2.33. The Kier molecular flexibility index (Phi) is 3.37. The molecule has 0 spiro atoms. The molecular formula is C12H11ClN2O. The van der Waals surface area contributed by atoms with E-state index in [0.717, 1.165) is 23.3 Å². The van der Waals surface area contributed by atoms with Gasteiger partial charge in [0.2, 0.25) is 5.28 Å². The van der Waals surface area contributed by atoms with Crippen molar-refractivity contribution in [3.05, 3.63) is 53.1 Å². The highest BCUT2D eigenvalue weighted by molar-refractivity contribution is 6.28. The molecule has 1 heterocycles. The summed E-state index contributed by atoms with van der Waals surface area (Å²) in [5.41, 5.74) is 2.12. The van der Waals surface area contributed by atoms with Crippen LogP contribution in [0.3, 0.4) is 0 Å². The average molecular weight is 235 g/mol. The van der Waals surface area contributed by atoms with Crippen molar-refractivity contribution in [1.82, 2.24) is 9.97 Å². The van der Waals surface area contributed by atoms with E-state index in [0.29, 0.717) is 0 Å². The number of nitrogens with zero attached hydrogens (tertiary/aromatic N) is 2. The number of methoxy groups -OCH3 is 1. The summed E-state index contributed by atoms with van der Waals surface area (Å²) in [6, 6.07) is 7.88. The molecule has 0 radical (unpaired) electrons. The third-order valence-electron chi connectivity index (χ3n) is 2.26. The van der Waals surface area contributed by atoms with Gasteiger partial charge in [-0.2, -0.15) is 0 Å². The lowest BCUT2D eigenvalue weighted by Crippen LogP contribution is -1.95. The molecule has 1 aromatic heterocycles. The molecule has 16 heavy (non-hydrogen) atoms. The predicted octanol–water partition coefficient (Wildman–Crippen LogP) is 2.73. The molecule has 4 heteroatoms. The second-order valence-corrected chi connectivity index (χ2v) is 3.69. The SMILES string of the molecule is COc1ccccc1Cc1cnc(Cl)nc1. The lowest BCUT2D eigenvalue weighted by Gasteiger charge is -2.07. The highest BCUT2D eigenvalue weighted by Gasteiger charge is 2.03. The Morgan fingerprint density at radius 1 is 1.19 bits per heavy atom. The molecule has 0 atom stereocenters. The van der Waals surface area contributed by atoms with Crippen molar-refractivity contribution in [2.24, 2.45) is 0 Å². The zero-order chi connectivity index (χ0) is 11.4. The maximum Gasteiger partial charge on any atom is 0.222 e. The van der Waals surface area contributed by atoms with Gasteiger partial charge in [0.15, 0.2) is 0 Å². The molecule has 2 rings (SSSR count). The first-order chi connectivity index (χ1) is 7.79. The summed E-state index contributed by atoms with van der Waals surface area (Å²) in [4.78, 5) is 7.89. The van der Waals surface area contributed by atoms with E-state index in [2.05, 4.69) is 9.97 Å². The van der Waals surface area contributed by atoms with Crippen LogP contribution < -0.4 is 4.74 Å². The first-order valence-corrected chi connectivity index (χ1v) is 5.25. The third-order valence-corrected chi connectivity index (χ3v) is 2.46. The normalized spacial score (nSPS) is 10.1. The van der Waals surface area contributed by atoms with Crippen molar-refractivity contribution >= 4 is 11.6 Å². The first kappa shape index (κ1) is 10.9. The molecule has 0 N–H and O–H groups in total. The summed E-state index contributed by atoms with van der Waals surface area (Å²) < 4.78 is 5.27. The van der Waals surface area contributed by atoms with Crippen LogP contribution in [-0.2, 0) is 6.42 Å². The fourth-order valence-electron chi connectivity index (χ4n) is 1.50. The number of hydrogen-bond acceptors (Lipinski definition) is 3. The van der Waals surface area contributed by atoms with Crippen LogP contribution in [0.4, 0.5) is 0 Å². The summed E-state index contributed by atoms with van der Waals surface area (Å²) in [6.45, 7) is 0. The molecule has 0 saturated carbocycles. The number of halogens is 1. The molecule has 82 valence electrons. The fraction of sp³-hybridized carbons (Fsp3) is 0.167. The minimum absolute atomic E-state index is 0.267. The lowest BCUT2D eigenvalue weighted by molar-refractivity contribution is 0.410. The maximum atomic E-state index is 5.63. The zero-order valence-electron chi connectivity index (χ0n) is 8.85. The highest BCUT2D eigenvalue weighted by Crippen LogP contribution is 2.20. The molecular weight excluding hydrogens is 224 g/mol. The van der Waals surface area contributed by atoms with Crippen molar-refractivity contribution in [3.8, 4) is 5.75 Å². The van der Waals surface area contributed by atoms with Gasteiger partial charge in [-0.05, 0) is 28.8 Å². The first-order valence-electron chi connectivity index (χ1n) is 4.88. The van der Waals surface area contributed by atoms with Gasteiger partial charge in [-0.1, -0.05) is 18.2 Å². The molecule has 0 aliphatic rings. The minimum Gasteiger partial charge on any atom is -0.496 e. The monoisotopic (exact) mass is 234 g/mol. The van der Waals surface area contributed by atoms with Crippen LogP contribution in [0, 0.1) is 0 Å². The Balaban J connectivity index is 2.23. The number of aromatic nitrogens is 2. The number of benzene rings is 1. The molecule has 0 amide bonds. The van der Waals surface area contributed by atoms with Crippen molar-refractivity contribution in [2.45, 2.75) is 6.42 Å². The molecule has 2 aromatic rings. The van der Waals surface area contributed by atoms with Gasteiger partial charge in [0.05, 0.1) is 7.11 Å². The van der Waals surface area contributed by atoms with Crippen molar-refractivity contribution < 1.29 is 4.74 Å². The molecule has 0 bridgehead atoms. The van der Waals surface area contributed by atoms with Gasteiger partial charge in [0.25, 0.3) is 0 Å². The Hall–Kier alpha value is -1.61. The highest BCUT2D eigenvalue weighted by atomic mass is 35.5. The van der Waals surface area contributed by atoms with Crippen molar-refractivity contribution in [1.29, 1.82) is 0 Å². The zero-order valence-corrected chi connectivity index (χ0v) is 9.61. The predicted molar refractivity (Wildman–Crippen MR) is 62.8 cm³/mol. The number of para-hydroxylation sites is 1. The van der Waals surface area contributed by atoms with Gasteiger partial charge in [0.1, 0.15) is 5.75 Å². The van der Waals surface area contributed by atoms with Gasteiger partial charge in [-0.3, -0.25) is 0 Å². The topological polar surface area (TPSA) is 35.0 Å². The molecule has 0 aliphatic carbocycles. The Labute approximate surface area is 99.1 Å². The second-order valence-electron chi connectivity index (χ2n) is 3.35. The number of rotatable bonds is 3. The second kappa shape index (κ2) is 4.94. The lowest BCUT2D eigenvalue weighted by atomic mass is 10.1. The van der Waals surface area contributed by atoms with Crippen molar-refractivity contribution in [2.75, 3.05) is 7.11 Å². The van der Waals surface area contributed by atoms with Gasteiger partial charge in [-0.15, -0.1) is 0 Å². The molecule has 1 aromatic carbocycles. The quantitative estimate of drug-likeness (QED) is 0.766. The van der Waals surface area contributed by atoms with E-state index < -0.39 is 0 Å². The molecule has 3 nitrogen and oxygen atoms in total. The van der Waals surface area contributed by atoms with E-state index in [1.807, 2.05) is 24.3 Å². The van der Waals surface area contributed by atoms with E-state index in [4.69, 9.17) is 16.3 Å². The van der Waals surface area contributed by atoms with Crippen LogP contribution in [0.1, 0.15) is 11.1 Å². The van der Waals surface area contributed by atoms with Gasteiger partial charge in [-0.25, -0.2) is 9.97 Å². The van der Waals surface area contributed by atoms with E-state index >= 15 is 0 Å². The summed E-state index contributed by atoms with van der Waals surface area (Å²) >= 11 is 5.63.